The lowest BCUT2D eigenvalue weighted by molar-refractivity contribution is -0.128. The lowest BCUT2D eigenvalue weighted by Gasteiger charge is -2.28. The highest BCUT2D eigenvalue weighted by atomic mass is 35.5. The summed E-state index contributed by atoms with van der Waals surface area (Å²) in [6.45, 7) is 11.3. The predicted octanol–water partition coefficient (Wildman–Crippen LogP) is 3.08. The van der Waals surface area contributed by atoms with Crippen LogP contribution >= 0.6 is 11.6 Å². The molecule has 0 saturated heterocycles. The molecule has 0 atom stereocenters. The number of amides is 1. The Kier molecular flexibility index (Phi) is 7.87. The van der Waals surface area contributed by atoms with E-state index in [-0.39, 0.29) is 17.1 Å². The molecule has 0 radical (unpaired) electrons. The van der Waals surface area contributed by atoms with Crippen LogP contribution < -0.4 is 16.0 Å². The molecule has 0 aliphatic heterocycles. The number of hydrogen-bond acceptors (Lipinski definition) is 2. The molecular formula is C19H30ClFN4O. The van der Waals surface area contributed by atoms with Crippen LogP contribution in [-0.2, 0) is 10.2 Å². The van der Waals surface area contributed by atoms with Gasteiger partial charge in [-0.1, -0.05) is 31.5 Å². The summed E-state index contributed by atoms with van der Waals surface area (Å²) < 4.78 is 13.3. The molecule has 0 fully saturated rings. The van der Waals surface area contributed by atoms with Crippen molar-refractivity contribution in [2.45, 2.75) is 40.0 Å². The molecule has 1 aromatic rings. The molecule has 0 bridgehead atoms. The molecule has 0 aromatic heterocycles. The van der Waals surface area contributed by atoms with Gasteiger partial charge in [0.05, 0.1) is 12.0 Å². The van der Waals surface area contributed by atoms with Crippen molar-refractivity contribution in [3.05, 3.63) is 34.6 Å². The number of hydrogen-bond donors (Lipinski definition) is 3. The second-order valence-corrected chi connectivity index (χ2v) is 7.93. The second-order valence-electron chi connectivity index (χ2n) is 7.52. The van der Waals surface area contributed by atoms with Crippen molar-refractivity contribution < 1.29 is 9.18 Å². The smallest absolute Gasteiger partial charge is 0.227 e. The number of halogens is 2. The van der Waals surface area contributed by atoms with Gasteiger partial charge >= 0.3 is 0 Å². The van der Waals surface area contributed by atoms with Crippen LogP contribution in [0.2, 0.25) is 5.02 Å². The largest absolute Gasteiger partial charge is 0.359 e. The predicted molar refractivity (Wildman–Crippen MR) is 106 cm³/mol. The van der Waals surface area contributed by atoms with E-state index in [1.165, 1.54) is 12.1 Å². The van der Waals surface area contributed by atoms with Crippen molar-refractivity contribution in [1.29, 1.82) is 0 Å². The normalized spacial score (nSPS) is 12.7. The molecule has 0 aliphatic rings. The van der Waals surface area contributed by atoms with Crippen molar-refractivity contribution in [3.63, 3.8) is 0 Å². The number of nitrogens with zero attached hydrogens (tertiary/aromatic N) is 1. The molecule has 1 rings (SSSR count). The van der Waals surface area contributed by atoms with E-state index in [0.717, 1.165) is 5.56 Å². The number of guanidine groups is 1. The van der Waals surface area contributed by atoms with E-state index in [9.17, 15) is 9.18 Å². The third kappa shape index (κ3) is 6.16. The van der Waals surface area contributed by atoms with Gasteiger partial charge in [0.2, 0.25) is 5.91 Å². The monoisotopic (exact) mass is 384 g/mol. The first-order chi connectivity index (χ1) is 12.0. The Bertz CT molecular complexity index is 659. The van der Waals surface area contributed by atoms with Crippen LogP contribution in [0, 0.1) is 11.2 Å². The van der Waals surface area contributed by atoms with Crippen LogP contribution in [-0.4, -0.2) is 38.5 Å². The molecule has 0 aliphatic carbocycles. The average Bonchev–Trinajstić information content (AvgIpc) is 2.56. The van der Waals surface area contributed by atoms with E-state index in [1.54, 1.807) is 13.1 Å². The van der Waals surface area contributed by atoms with Crippen molar-refractivity contribution in [3.8, 4) is 0 Å². The zero-order chi connectivity index (χ0) is 20.0. The molecule has 0 spiro atoms. The van der Waals surface area contributed by atoms with Crippen LogP contribution in [0.25, 0.3) is 0 Å². The van der Waals surface area contributed by atoms with Crippen molar-refractivity contribution >= 4 is 23.5 Å². The maximum Gasteiger partial charge on any atom is 0.227 e. The summed E-state index contributed by atoms with van der Waals surface area (Å²) in [5, 5.41) is 9.52. The summed E-state index contributed by atoms with van der Waals surface area (Å²) in [5.74, 6) is 0.208. The standard InChI is InChI=1S/C19H30ClFN4O/c1-7-23-17(25-12-19(4,5)16(26)22-6)24-11-18(2,3)14-9-8-13(21)10-15(14)20/h8-10H,7,11-12H2,1-6H3,(H,22,26)(H2,23,24,25). The van der Waals surface area contributed by atoms with E-state index in [2.05, 4.69) is 20.9 Å². The minimum Gasteiger partial charge on any atom is -0.359 e. The van der Waals surface area contributed by atoms with Gasteiger partial charge in [-0.15, -0.1) is 0 Å². The fourth-order valence-electron chi connectivity index (χ4n) is 2.47. The van der Waals surface area contributed by atoms with Gasteiger partial charge in [-0.25, -0.2) is 4.39 Å². The van der Waals surface area contributed by atoms with Gasteiger partial charge in [-0.3, -0.25) is 9.79 Å². The Labute approximate surface area is 160 Å². The Morgan fingerprint density at radius 3 is 2.42 bits per heavy atom. The molecule has 0 unspecified atom stereocenters. The van der Waals surface area contributed by atoms with Crippen molar-refractivity contribution in [2.75, 3.05) is 26.7 Å². The molecule has 7 heteroatoms. The Morgan fingerprint density at radius 2 is 1.88 bits per heavy atom. The fraction of sp³-hybridized carbons (Fsp3) is 0.579. The SMILES string of the molecule is CCNC(=NCC(C)(C)C(=O)NC)NCC(C)(C)c1ccc(F)cc1Cl. The summed E-state index contributed by atoms with van der Waals surface area (Å²) in [6.07, 6.45) is 0. The van der Waals surface area contributed by atoms with Gasteiger partial charge in [0.25, 0.3) is 0 Å². The van der Waals surface area contributed by atoms with Gasteiger partial charge in [-0.05, 0) is 38.5 Å². The molecule has 0 heterocycles. The molecule has 1 amide bonds. The molecule has 1 aromatic carbocycles. The van der Waals surface area contributed by atoms with Gasteiger partial charge in [0.1, 0.15) is 5.82 Å². The first-order valence-corrected chi connectivity index (χ1v) is 9.11. The zero-order valence-corrected chi connectivity index (χ0v) is 17.2. The quantitative estimate of drug-likeness (QED) is 0.500. The molecule has 146 valence electrons. The number of nitrogens with one attached hydrogen (secondary N) is 3. The van der Waals surface area contributed by atoms with E-state index < -0.39 is 5.41 Å². The summed E-state index contributed by atoms with van der Waals surface area (Å²) >= 11 is 6.20. The van der Waals surface area contributed by atoms with E-state index in [0.29, 0.717) is 30.6 Å². The van der Waals surface area contributed by atoms with E-state index in [1.807, 2.05) is 34.6 Å². The maximum atomic E-state index is 13.3. The van der Waals surface area contributed by atoms with Crippen molar-refractivity contribution in [2.24, 2.45) is 10.4 Å². The maximum absolute atomic E-state index is 13.3. The van der Waals surface area contributed by atoms with Crippen LogP contribution in [0.3, 0.4) is 0 Å². The summed E-state index contributed by atoms with van der Waals surface area (Å²) in [5.41, 5.74) is -0.0842. The third-order valence-electron chi connectivity index (χ3n) is 4.18. The number of rotatable bonds is 7. The third-order valence-corrected chi connectivity index (χ3v) is 4.49. The zero-order valence-electron chi connectivity index (χ0n) is 16.5. The molecular weight excluding hydrogens is 355 g/mol. The first-order valence-electron chi connectivity index (χ1n) is 8.73. The number of aliphatic imine (C=N–C) groups is 1. The van der Waals surface area contributed by atoms with Crippen LogP contribution in [0.1, 0.15) is 40.2 Å². The number of benzene rings is 1. The average molecular weight is 385 g/mol. The van der Waals surface area contributed by atoms with E-state index in [4.69, 9.17) is 11.6 Å². The van der Waals surface area contributed by atoms with Crippen LogP contribution in [0.4, 0.5) is 4.39 Å². The second kappa shape index (κ2) is 9.21. The number of carbonyl (C=O) groups is 1. The summed E-state index contributed by atoms with van der Waals surface area (Å²) in [6, 6.07) is 4.44. The molecule has 26 heavy (non-hydrogen) atoms. The highest BCUT2D eigenvalue weighted by Gasteiger charge is 2.27. The van der Waals surface area contributed by atoms with Gasteiger partial charge in [0.15, 0.2) is 5.96 Å². The summed E-state index contributed by atoms with van der Waals surface area (Å²) in [7, 11) is 1.62. The van der Waals surface area contributed by atoms with Crippen LogP contribution in [0.5, 0.6) is 0 Å². The fourth-order valence-corrected chi connectivity index (χ4v) is 2.89. The molecule has 3 N–H and O–H groups in total. The van der Waals surface area contributed by atoms with E-state index >= 15 is 0 Å². The number of carbonyl (C=O) groups excluding carboxylic acids is 1. The Balaban J connectivity index is 2.87. The Morgan fingerprint density at radius 1 is 1.23 bits per heavy atom. The minimum absolute atomic E-state index is 0.0597. The minimum atomic E-state index is -0.604. The molecule has 5 nitrogen and oxygen atoms in total. The van der Waals surface area contributed by atoms with Gasteiger partial charge in [-0.2, -0.15) is 0 Å². The lowest BCUT2D eigenvalue weighted by atomic mass is 9.84. The topological polar surface area (TPSA) is 65.5 Å². The van der Waals surface area contributed by atoms with Gasteiger partial charge in [0, 0.05) is 30.6 Å². The first kappa shape index (κ1) is 22.2. The summed E-state index contributed by atoms with van der Waals surface area (Å²) in [4.78, 5) is 16.4. The highest BCUT2D eigenvalue weighted by molar-refractivity contribution is 6.31. The lowest BCUT2D eigenvalue weighted by Crippen LogP contribution is -2.44. The Hall–Kier alpha value is -1.82. The highest BCUT2D eigenvalue weighted by Crippen LogP contribution is 2.29. The van der Waals surface area contributed by atoms with Gasteiger partial charge < -0.3 is 16.0 Å². The van der Waals surface area contributed by atoms with Crippen LogP contribution in [0.15, 0.2) is 23.2 Å². The van der Waals surface area contributed by atoms with Crippen molar-refractivity contribution in [1.82, 2.24) is 16.0 Å². The molecule has 0 saturated carbocycles.